The highest BCUT2D eigenvalue weighted by Crippen LogP contribution is 2.63. The van der Waals surface area contributed by atoms with Gasteiger partial charge in [-0.2, -0.15) is 0 Å². The Balaban J connectivity index is 1.96. The summed E-state index contributed by atoms with van der Waals surface area (Å²) in [6.07, 6.45) is 1.06. The molecule has 7 atom stereocenters. The highest BCUT2D eigenvalue weighted by molar-refractivity contribution is 6.32. The number of rotatable bonds is 3. The molecule has 202 valence electrons. The van der Waals surface area contributed by atoms with Gasteiger partial charge in [-0.25, -0.2) is 0 Å². The van der Waals surface area contributed by atoms with Gasteiger partial charge >= 0.3 is 0 Å². The number of carbonyl (C=O) groups excluding carboxylic acids is 5. The van der Waals surface area contributed by atoms with Gasteiger partial charge in [0.1, 0.15) is 17.5 Å². The molecule has 0 bridgehead atoms. The van der Waals surface area contributed by atoms with E-state index in [1.165, 1.54) is 6.07 Å². The first-order valence-corrected chi connectivity index (χ1v) is 13.3. The van der Waals surface area contributed by atoms with Crippen LogP contribution in [-0.4, -0.2) is 44.7 Å². The summed E-state index contributed by atoms with van der Waals surface area (Å²) in [6, 6.07) is 3.03. The number of benzene rings is 1. The summed E-state index contributed by atoms with van der Waals surface area (Å²) in [6.45, 7) is 12.0. The number of carbonyl (C=O) groups is 5. The Bertz CT molecular complexity index is 1340. The summed E-state index contributed by atoms with van der Waals surface area (Å²) in [7, 11) is 0. The fourth-order valence-electron chi connectivity index (χ4n) is 7.56. The zero-order valence-corrected chi connectivity index (χ0v) is 23.1. The summed E-state index contributed by atoms with van der Waals surface area (Å²) < 4.78 is 0. The highest BCUT2D eigenvalue weighted by atomic mass is 16.3. The van der Waals surface area contributed by atoms with Crippen molar-refractivity contribution in [3.05, 3.63) is 28.8 Å². The molecule has 3 aliphatic carbocycles. The molecule has 4 rings (SSSR count). The molecule has 1 aromatic rings. The monoisotopic (exact) mass is 520 g/mol. The lowest BCUT2D eigenvalue weighted by Gasteiger charge is -2.61. The SMILES string of the molecule is CCC(C)C#Cc1ccc(O)c2c1C[C@]1(C)C[C@]3(C)C(C(C)C)C(=O)C(C(C)=O)C(=O)[C@]3(O)C(=O)C1C2=O. The standard InChI is InChI=1S/C31H36O7/c1-8-16(4)9-10-18-11-12-20(33)22-19(18)13-29(6)14-30(7)23(15(2)3)25(34)21(17(5)32)27(36)31(30,38)28(37)24(29)26(22)35/h11-12,15-16,21,23-24,33,38H,8,13-14H2,1-7H3/t16?,21?,23?,24?,29-,30-,31+/m1/s1. The van der Waals surface area contributed by atoms with Crippen LogP contribution in [0.4, 0.5) is 0 Å². The van der Waals surface area contributed by atoms with Gasteiger partial charge in [0.05, 0.1) is 11.5 Å². The van der Waals surface area contributed by atoms with Crippen LogP contribution >= 0.6 is 0 Å². The molecule has 2 N–H and O–H groups in total. The predicted octanol–water partition coefficient (Wildman–Crippen LogP) is 3.49. The normalized spacial score (nSPS) is 35.1. The zero-order chi connectivity index (χ0) is 28.5. The van der Waals surface area contributed by atoms with Crippen molar-refractivity contribution in [1.82, 2.24) is 0 Å². The average molecular weight is 521 g/mol. The molecule has 0 heterocycles. The first-order valence-electron chi connectivity index (χ1n) is 13.3. The van der Waals surface area contributed by atoms with Gasteiger partial charge in [-0.05, 0) is 55.2 Å². The molecule has 7 nitrogen and oxygen atoms in total. The van der Waals surface area contributed by atoms with Crippen molar-refractivity contribution in [1.29, 1.82) is 0 Å². The zero-order valence-electron chi connectivity index (χ0n) is 23.1. The smallest absolute Gasteiger partial charge is 0.190 e. The Hall–Kier alpha value is -3.11. The number of hydrogen-bond acceptors (Lipinski definition) is 7. The molecule has 38 heavy (non-hydrogen) atoms. The Morgan fingerprint density at radius 3 is 2.29 bits per heavy atom. The molecule has 0 aromatic heterocycles. The topological polar surface area (TPSA) is 126 Å². The first-order chi connectivity index (χ1) is 17.6. The lowest BCUT2D eigenvalue weighted by molar-refractivity contribution is -0.205. The fraction of sp³-hybridized carbons (Fsp3) is 0.581. The minimum atomic E-state index is -2.69. The van der Waals surface area contributed by atoms with Crippen LogP contribution in [0.2, 0.25) is 0 Å². The van der Waals surface area contributed by atoms with Crippen molar-refractivity contribution in [3.8, 4) is 17.6 Å². The van der Waals surface area contributed by atoms with Crippen LogP contribution in [0, 0.1) is 52.3 Å². The van der Waals surface area contributed by atoms with Crippen LogP contribution < -0.4 is 0 Å². The third-order valence-electron chi connectivity index (χ3n) is 9.33. The van der Waals surface area contributed by atoms with Gasteiger partial charge in [-0.3, -0.25) is 24.0 Å². The van der Waals surface area contributed by atoms with Gasteiger partial charge in [-0.15, -0.1) is 0 Å². The average Bonchev–Trinajstić information content (AvgIpc) is 2.80. The Morgan fingerprint density at radius 2 is 1.74 bits per heavy atom. The van der Waals surface area contributed by atoms with Gasteiger partial charge in [0.2, 0.25) is 0 Å². The molecular weight excluding hydrogens is 484 g/mol. The van der Waals surface area contributed by atoms with Crippen LogP contribution in [0.1, 0.15) is 82.8 Å². The number of fused-ring (bicyclic) bond motifs is 3. The summed E-state index contributed by atoms with van der Waals surface area (Å²) in [4.78, 5) is 67.8. The van der Waals surface area contributed by atoms with Crippen LogP contribution in [0.15, 0.2) is 12.1 Å². The van der Waals surface area contributed by atoms with E-state index in [-0.39, 0.29) is 36.0 Å². The number of aliphatic hydroxyl groups is 1. The second-order valence-electron chi connectivity index (χ2n) is 12.4. The summed E-state index contributed by atoms with van der Waals surface area (Å²) in [5.41, 5.74) is -4.18. The molecular formula is C31H36O7. The molecule has 4 unspecified atom stereocenters. The highest BCUT2D eigenvalue weighted by Gasteiger charge is 2.76. The molecule has 2 fully saturated rings. The molecule has 0 spiro atoms. The van der Waals surface area contributed by atoms with E-state index in [4.69, 9.17) is 0 Å². The Kier molecular flexibility index (Phi) is 6.60. The number of hydrogen-bond donors (Lipinski definition) is 2. The fourth-order valence-corrected chi connectivity index (χ4v) is 7.56. The summed E-state index contributed by atoms with van der Waals surface area (Å²) in [5, 5.41) is 22.7. The van der Waals surface area contributed by atoms with Gasteiger partial charge < -0.3 is 10.2 Å². The van der Waals surface area contributed by atoms with E-state index in [1.807, 2.05) is 13.8 Å². The largest absolute Gasteiger partial charge is 0.507 e. The summed E-state index contributed by atoms with van der Waals surface area (Å²) in [5.74, 6) is -2.51. The molecule has 7 heteroatoms. The summed E-state index contributed by atoms with van der Waals surface area (Å²) >= 11 is 0. The maximum absolute atomic E-state index is 14.2. The third kappa shape index (κ3) is 3.56. The number of aromatic hydroxyl groups is 1. The van der Waals surface area contributed by atoms with E-state index in [2.05, 4.69) is 11.8 Å². The lowest BCUT2D eigenvalue weighted by atomic mass is 9.40. The maximum atomic E-state index is 14.2. The van der Waals surface area contributed by atoms with Gasteiger partial charge in [-0.1, -0.05) is 53.4 Å². The van der Waals surface area contributed by atoms with Gasteiger partial charge in [0.25, 0.3) is 0 Å². The van der Waals surface area contributed by atoms with E-state index in [0.29, 0.717) is 11.1 Å². The molecule has 0 aliphatic heterocycles. The molecule has 2 saturated carbocycles. The van der Waals surface area contributed by atoms with Crippen molar-refractivity contribution < 1.29 is 34.2 Å². The Morgan fingerprint density at radius 1 is 1.11 bits per heavy atom. The van der Waals surface area contributed by atoms with Crippen molar-refractivity contribution in [2.24, 2.45) is 40.4 Å². The number of phenols is 1. The quantitative estimate of drug-likeness (QED) is 0.462. The van der Waals surface area contributed by atoms with Crippen molar-refractivity contribution >= 4 is 28.9 Å². The van der Waals surface area contributed by atoms with E-state index < -0.39 is 63.1 Å². The van der Waals surface area contributed by atoms with E-state index in [9.17, 15) is 34.2 Å². The lowest BCUT2D eigenvalue weighted by Crippen LogP contribution is -2.76. The van der Waals surface area contributed by atoms with Crippen LogP contribution in [0.5, 0.6) is 5.75 Å². The van der Waals surface area contributed by atoms with Crippen molar-refractivity contribution in [2.75, 3.05) is 0 Å². The van der Waals surface area contributed by atoms with E-state index in [0.717, 1.165) is 13.3 Å². The van der Waals surface area contributed by atoms with Gasteiger partial charge in [0, 0.05) is 22.8 Å². The maximum Gasteiger partial charge on any atom is 0.190 e. The third-order valence-corrected chi connectivity index (χ3v) is 9.33. The first kappa shape index (κ1) is 27.9. The molecule has 0 saturated heterocycles. The number of ketones is 5. The van der Waals surface area contributed by atoms with Crippen LogP contribution in [0.25, 0.3) is 0 Å². The predicted molar refractivity (Wildman–Crippen MR) is 139 cm³/mol. The van der Waals surface area contributed by atoms with E-state index >= 15 is 0 Å². The number of phenolic OH excluding ortho intramolecular Hbond substituents is 1. The minimum Gasteiger partial charge on any atom is -0.507 e. The van der Waals surface area contributed by atoms with Crippen LogP contribution in [0.3, 0.4) is 0 Å². The molecule has 3 aliphatic rings. The van der Waals surface area contributed by atoms with Gasteiger partial charge in [0.15, 0.2) is 28.7 Å². The van der Waals surface area contributed by atoms with E-state index in [1.54, 1.807) is 33.8 Å². The van der Waals surface area contributed by atoms with Crippen LogP contribution in [-0.2, 0) is 25.6 Å². The molecule has 0 radical (unpaired) electrons. The van der Waals surface area contributed by atoms with Crippen molar-refractivity contribution in [2.45, 2.75) is 73.3 Å². The van der Waals surface area contributed by atoms with Crippen molar-refractivity contribution in [3.63, 3.8) is 0 Å². The second-order valence-corrected chi connectivity index (χ2v) is 12.4. The second kappa shape index (κ2) is 8.98. The molecule has 0 amide bonds. The Labute approximate surface area is 223 Å². The number of Topliss-reactive ketones (excluding diaryl/α,β-unsaturated/α-hetero) is 5. The minimum absolute atomic E-state index is 0.0214. The molecule has 1 aromatic carbocycles.